The maximum Gasteiger partial charge on any atom is 0.345 e. The first kappa shape index (κ1) is 13.7. The lowest BCUT2D eigenvalue weighted by Crippen LogP contribution is -2.26. The first-order valence-electron chi connectivity index (χ1n) is 5.23. The number of carboxylic acid groups (broad SMARTS) is 1. The topological polar surface area (TPSA) is 112 Å². The van der Waals surface area contributed by atoms with Crippen LogP contribution in [-0.4, -0.2) is 29.7 Å². The maximum atomic E-state index is 12.0. The van der Waals surface area contributed by atoms with E-state index in [2.05, 4.69) is 14.9 Å². The smallest absolute Gasteiger partial charge is 0.345 e. The number of hydrogen-bond acceptors (Lipinski definition) is 5. The van der Waals surface area contributed by atoms with E-state index in [9.17, 15) is 13.2 Å². The third kappa shape index (κ3) is 3.00. The molecule has 0 amide bonds. The summed E-state index contributed by atoms with van der Waals surface area (Å²) in [6, 6.07) is 0.675. The average molecular weight is 301 g/mol. The van der Waals surface area contributed by atoms with Gasteiger partial charge in [-0.2, -0.15) is 5.10 Å². The van der Waals surface area contributed by atoms with Crippen molar-refractivity contribution >= 4 is 27.3 Å². The summed E-state index contributed by atoms with van der Waals surface area (Å²) in [5.41, 5.74) is 0.692. The second kappa shape index (κ2) is 5.11. The van der Waals surface area contributed by atoms with Crippen molar-refractivity contribution < 1.29 is 18.3 Å². The van der Waals surface area contributed by atoms with E-state index in [0.717, 1.165) is 17.4 Å². The number of sulfonamides is 1. The van der Waals surface area contributed by atoms with Crippen molar-refractivity contribution in [2.45, 2.75) is 17.9 Å². The van der Waals surface area contributed by atoms with Crippen molar-refractivity contribution in [3.8, 4) is 0 Å². The number of aromatic carboxylic acids is 1. The van der Waals surface area contributed by atoms with Gasteiger partial charge in [0.1, 0.15) is 4.88 Å². The van der Waals surface area contributed by atoms with Gasteiger partial charge in [-0.15, -0.1) is 11.3 Å². The summed E-state index contributed by atoms with van der Waals surface area (Å²) in [5.74, 6) is -1.14. The number of aromatic amines is 1. The summed E-state index contributed by atoms with van der Waals surface area (Å²) < 4.78 is 26.5. The lowest BCUT2D eigenvalue weighted by molar-refractivity contribution is 0.0702. The number of carboxylic acids is 1. The highest BCUT2D eigenvalue weighted by atomic mass is 32.2. The lowest BCUT2D eigenvalue weighted by atomic mass is 10.2. The molecule has 3 N–H and O–H groups in total. The van der Waals surface area contributed by atoms with Gasteiger partial charge in [-0.25, -0.2) is 17.9 Å². The average Bonchev–Trinajstić information content (AvgIpc) is 3.00. The molecule has 102 valence electrons. The molecule has 19 heavy (non-hydrogen) atoms. The highest BCUT2D eigenvalue weighted by molar-refractivity contribution is 7.89. The van der Waals surface area contributed by atoms with Gasteiger partial charge in [-0.05, 0) is 13.0 Å². The minimum atomic E-state index is -3.74. The SMILES string of the molecule is CC(NS(=O)(=O)c1csc(C(=O)O)c1)c1cn[nH]c1. The molecule has 2 aromatic rings. The molecule has 0 spiro atoms. The fraction of sp³-hybridized carbons (Fsp3) is 0.200. The normalized spacial score (nSPS) is 13.3. The van der Waals surface area contributed by atoms with E-state index < -0.39 is 22.0 Å². The number of carbonyl (C=O) groups is 1. The molecular weight excluding hydrogens is 290 g/mol. The van der Waals surface area contributed by atoms with Gasteiger partial charge in [0, 0.05) is 23.2 Å². The summed E-state index contributed by atoms with van der Waals surface area (Å²) in [4.78, 5) is 10.7. The Hall–Kier alpha value is -1.71. The molecular formula is C10H11N3O4S2. The van der Waals surface area contributed by atoms with Crippen LogP contribution < -0.4 is 4.72 Å². The van der Waals surface area contributed by atoms with Gasteiger partial charge in [-0.3, -0.25) is 5.10 Å². The Morgan fingerprint density at radius 3 is 2.84 bits per heavy atom. The van der Waals surface area contributed by atoms with Crippen LogP contribution in [-0.2, 0) is 10.0 Å². The number of aromatic nitrogens is 2. The van der Waals surface area contributed by atoms with E-state index in [1.807, 2.05) is 0 Å². The Bertz CT molecular complexity index is 675. The lowest BCUT2D eigenvalue weighted by Gasteiger charge is -2.11. The Morgan fingerprint density at radius 1 is 1.58 bits per heavy atom. The molecule has 0 aliphatic carbocycles. The maximum absolute atomic E-state index is 12.0. The van der Waals surface area contributed by atoms with Crippen LogP contribution in [0.4, 0.5) is 0 Å². The molecule has 2 heterocycles. The Kier molecular flexibility index (Phi) is 3.69. The van der Waals surface area contributed by atoms with Crippen molar-refractivity contribution in [3.05, 3.63) is 34.3 Å². The summed E-state index contributed by atoms with van der Waals surface area (Å²) in [6.07, 6.45) is 3.10. The highest BCUT2D eigenvalue weighted by Crippen LogP contribution is 2.21. The van der Waals surface area contributed by atoms with Gasteiger partial charge in [-0.1, -0.05) is 0 Å². The molecule has 0 fully saturated rings. The Balaban J connectivity index is 2.20. The van der Waals surface area contributed by atoms with Crippen molar-refractivity contribution in [1.29, 1.82) is 0 Å². The van der Waals surface area contributed by atoms with E-state index in [4.69, 9.17) is 5.11 Å². The van der Waals surface area contributed by atoms with Gasteiger partial charge >= 0.3 is 5.97 Å². The Labute approximate surface area is 113 Å². The van der Waals surface area contributed by atoms with Gasteiger partial charge in [0.25, 0.3) is 0 Å². The van der Waals surface area contributed by atoms with Crippen LogP contribution in [0.5, 0.6) is 0 Å². The van der Waals surface area contributed by atoms with E-state index in [1.165, 1.54) is 11.6 Å². The number of rotatable bonds is 5. The van der Waals surface area contributed by atoms with Crippen molar-refractivity contribution in [3.63, 3.8) is 0 Å². The van der Waals surface area contributed by atoms with Crippen LogP contribution in [0.3, 0.4) is 0 Å². The molecule has 0 aromatic carbocycles. The van der Waals surface area contributed by atoms with Crippen molar-refractivity contribution in [1.82, 2.24) is 14.9 Å². The predicted octanol–water partition coefficient (Wildman–Crippen LogP) is 1.21. The number of thiophene rings is 1. The largest absolute Gasteiger partial charge is 0.477 e. The summed E-state index contributed by atoms with van der Waals surface area (Å²) in [6.45, 7) is 1.67. The zero-order valence-electron chi connectivity index (χ0n) is 9.82. The van der Waals surface area contributed by atoms with Crippen molar-refractivity contribution in [2.24, 2.45) is 0 Å². The molecule has 0 saturated carbocycles. The molecule has 2 aromatic heterocycles. The molecule has 1 unspecified atom stereocenters. The number of nitrogens with zero attached hydrogens (tertiary/aromatic N) is 1. The zero-order valence-corrected chi connectivity index (χ0v) is 11.5. The fourth-order valence-corrected chi connectivity index (χ4v) is 3.78. The predicted molar refractivity (Wildman–Crippen MR) is 68.6 cm³/mol. The van der Waals surface area contributed by atoms with E-state index in [1.54, 1.807) is 13.1 Å². The molecule has 0 aliphatic rings. The molecule has 9 heteroatoms. The first-order chi connectivity index (χ1) is 8.90. The molecule has 0 aliphatic heterocycles. The number of H-pyrrole nitrogens is 1. The summed E-state index contributed by atoms with van der Waals surface area (Å²) in [5, 5.41) is 16.4. The van der Waals surface area contributed by atoms with Crippen LogP contribution in [0.2, 0.25) is 0 Å². The summed E-state index contributed by atoms with van der Waals surface area (Å²) in [7, 11) is -3.74. The molecule has 7 nitrogen and oxygen atoms in total. The standard InChI is InChI=1S/C10H11N3O4S2/c1-6(7-3-11-12-4-7)13-19(16,17)8-2-9(10(14)15)18-5-8/h2-6,13H,1H3,(H,11,12)(H,14,15). The van der Waals surface area contributed by atoms with Crippen LogP contribution in [0, 0.1) is 0 Å². The molecule has 0 bridgehead atoms. The van der Waals surface area contributed by atoms with E-state index in [0.29, 0.717) is 5.56 Å². The van der Waals surface area contributed by atoms with Crippen LogP contribution >= 0.6 is 11.3 Å². The fourth-order valence-electron chi connectivity index (χ4n) is 1.44. The quantitative estimate of drug-likeness (QED) is 0.768. The molecule has 1 atom stereocenters. The second-order valence-corrected chi connectivity index (χ2v) is 6.45. The molecule has 0 saturated heterocycles. The van der Waals surface area contributed by atoms with Crippen LogP contribution in [0.25, 0.3) is 0 Å². The van der Waals surface area contributed by atoms with Crippen LogP contribution in [0.15, 0.2) is 28.7 Å². The monoisotopic (exact) mass is 301 g/mol. The summed E-state index contributed by atoms with van der Waals surface area (Å²) >= 11 is 0.872. The van der Waals surface area contributed by atoms with Crippen molar-refractivity contribution in [2.75, 3.05) is 0 Å². The van der Waals surface area contributed by atoms with E-state index in [-0.39, 0.29) is 9.77 Å². The van der Waals surface area contributed by atoms with Gasteiger partial charge in [0.15, 0.2) is 0 Å². The first-order valence-corrected chi connectivity index (χ1v) is 7.59. The molecule has 2 rings (SSSR count). The third-order valence-corrected chi connectivity index (χ3v) is 5.04. The van der Waals surface area contributed by atoms with Crippen LogP contribution in [0.1, 0.15) is 28.2 Å². The Morgan fingerprint density at radius 2 is 2.32 bits per heavy atom. The number of hydrogen-bond donors (Lipinski definition) is 3. The third-order valence-electron chi connectivity index (χ3n) is 2.45. The molecule has 0 radical (unpaired) electrons. The zero-order chi connectivity index (χ0) is 14.0. The minimum absolute atomic E-state index is 0.0173. The van der Waals surface area contributed by atoms with Gasteiger partial charge in [0.05, 0.1) is 11.1 Å². The van der Waals surface area contributed by atoms with E-state index >= 15 is 0 Å². The minimum Gasteiger partial charge on any atom is -0.477 e. The van der Waals surface area contributed by atoms with Gasteiger partial charge in [0.2, 0.25) is 10.0 Å². The van der Waals surface area contributed by atoms with Gasteiger partial charge < -0.3 is 5.11 Å². The highest BCUT2D eigenvalue weighted by Gasteiger charge is 2.21. The number of nitrogens with one attached hydrogen (secondary N) is 2. The second-order valence-electron chi connectivity index (χ2n) is 3.83.